The lowest BCUT2D eigenvalue weighted by atomic mass is 9.95. The smallest absolute Gasteiger partial charge is 0.410 e. The Bertz CT molecular complexity index is 3970. The summed E-state index contributed by atoms with van der Waals surface area (Å²) in [4.78, 5) is 85.0. The van der Waals surface area contributed by atoms with Crippen LogP contribution < -0.4 is 10.2 Å². The zero-order valence-corrected chi connectivity index (χ0v) is 56.3. The molecule has 96 heavy (non-hydrogen) atoms. The maximum atomic E-state index is 15.1. The van der Waals surface area contributed by atoms with Crippen molar-refractivity contribution in [1.29, 1.82) is 0 Å². The van der Waals surface area contributed by atoms with Crippen molar-refractivity contribution in [2.24, 2.45) is 0 Å². The minimum Gasteiger partial charge on any atom is -0.446 e. The van der Waals surface area contributed by atoms with Gasteiger partial charge >= 0.3 is 12.2 Å². The standard InChI is InChI=1S/C40H47ClN6O3.C36H39ClN6O3/c1-2-3-20-46(33-11-7-9-29(24-33)26-44-21-19-42-28-44)39(48)36-27-45(22-23-47(36)40(49)50-34-12-5-4-6-13-34)38-35-17-16-32(41)25-31(35)15-14-30-10-8-18-43-37(30)38;37-28-13-14-31-27(21-28)12-11-26-7-5-15-39-33(26)34(31)42-18-19-43(36(45)46-30-9-2-1-3-10-30)32(23-42)35(44)40-29-8-4-6-25(20-29)22-41-17-16-38-24-41/h7-11,16-19,21,24-25,28,34,36,38H,2-6,12-15,20,22-23,26-27H2,1H3;4-8,13-17,20-21,24,30,32,34H,1-3,9-12,18-19,22-23H2,(H,40,44). The molecule has 20 heteroatoms. The van der Waals surface area contributed by atoms with Crippen LogP contribution in [0.3, 0.4) is 0 Å². The molecule has 0 spiro atoms. The molecule has 2 saturated carbocycles. The van der Waals surface area contributed by atoms with Crippen molar-refractivity contribution in [3.63, 3.8) is 0 Å². The molecule has 4 unspecified atom stereocenters. The highest BCUT2D eigenvalue weighted by molar-refractivity contribution is 6.31. The first-order chi connectivity index (χ1) is 47.0. The minimum absolute atomic E-state index is 0.0882. The number of fused-ring (bicyclic) bond motifs is 4. The largest absolute Gasteiger partial charge is 0.446 e. The SMILES string of the molecule is CCCCN(C(=O)C1CN(C2c3ccc(Cl)cc3CCc3cccnc32)CCN1C(=O)OC1CCCCC1)c1cccc(Cn2ccnc2)c1.O=C(Nc1cccc(Cn2ccnc2)c1)C1CN(C2c3ccc(Cl)cc3CCc3cccnc32)CCN1C(=O)OC1CCCCC1. The van der Waals surface area contributed by atoms with E-state index in [-0.39, 0.29) is 42.2 Å². The third-order valence-corrected chi connectivity index (χ3v) is 20.5. The van der Waals surface area contributed by atoms with Gasteiger partial charge in [-0.2, -0.15) is 0 Å². The van der Waals surface area contributed by atoms with E-state index in [0.717, 1.165) is 129 Å². The number of aromatic nitrogens is 6. The zero-order chi connectivity index (χ0) is 65.9. The number of carbonyl (C=O) groups is 4. The van der Waals surface area contributed by atoms with Crippen LogP contribution in [0.25, 0.3) is 0 Å². The fraction of sp³-hybridized carbons (Fsp3) is 0.421. The zero-order valence-electron chi connectivity index (χ0n) is 54.8. The number of rotatable bonds is 15. The topological polar surface area (TPSA) is 176 Å². The Morgan fingerprint density at radius 2 is 1.06 bits per heavy atom. The van der Waals surface area contributed by atoms with E-state index in [2.05, 4.69) is 80.5 Å². The number of unbranched alkanes of at least 4 members (excludes halogenated alkanes) is 1. The molecule has 1 N–H and O–H groups in total. The predicted molar refractivity (Wildman–Crippen MR) is 372 cm³/mol. The molecule has 18 nitrogen and oxygen atoms in total. The van der Waals surface area contributed by atoms with Crippen molar-refractivity contribution in [1.82, 2.24) is 48.7 Å². The third kappa shape index (κ3) is 15.7. The fourth-order valence-electron chi connectivity index (χ4n) is 15.1. The number of pyridine rings is 2. The van der Waals surface area contributed by atoms with Crippen LogP contribution in [0.15, 0.2) is 159 Å². The predicted octanol–water partition coefficient (Wildman–Crippen LogP) is 13.7. The number of piperazine rings is 2. The number of hydrogen-bond donors (Lipinski definition) is 1. The molecule has 4 amide bonds. The molecular formula is C76H86Cl2N12O6. The number of nitrogens with one attached hydrogen (secondary N) is 1. The minimum atomic E-state index is -0.756. The van der Waals surface area contributed by atoms with Crippen LogP contribution in [0.2, 0.25) is 10.0 Å². The summed E-state index contributed by atoms with van der Waals surface area (Å²) in [6.07, 6.45) is 28.9. The normalized spacial score (nSPS) is 20.0. The first kappa shape index (κ1) is 66.2. The van der Waals surface area contributed by atoms with Gasteiger partial charge in [0.05, 0.1) is 36.1 Å². The van der Waals surface area contributed by atoms with E-state index in [1.54, 1.807) is 34.8 Å². The maximum absolute atomic E-state index is 15.1. The lowest BCUT2D eigenvalue weighted by molar-refractivity contribution is -0.126. The summed E-state index contributed by atoms with van der Waals surface area (Å²) in [5.74, 6) is -0.328. The van der Waals surface area contributed by atoms with Crippen molar-refractivity contribution < 1.29 is 28.7 Å². The monoisotopic (exact) mass is 1330 g/mol. The summed E-state index contributed by atoms with van der Waals surface area (Å²) in [5.41, 5.74) is 12.7. The molecule has 4 aliphatic carbocycles. The van der Waals surface area contributed by atoms with Gasteiger partial charge in [-0.15, -0.1) is 0 Å². The number of imidazole rings is 2. The number of ether oxygens (including phenoxy) is 2. The molecule has 8 aromatic rings. The van der Waals surface area contributed by atoms with E-state index in [9.17, 15) is 14.4 Å². The Balaban J connectivity index is 0.000000174. The first-order valence-electron chi connectivity index (χ1n) is 34.6. The number of aryl methyl sites for hydroxylation is 4. The highest BCUT2D eigenvalue weighted by atomic mass is 35.5. The number of hydrogen-bond acceptors (Lipinski definition) is 12. The first-order valence-corrected chi connectivity index (χ1v) is 35.3. The van der Waals surface area contributed by atoms with Crippen LogP contribution in [-0.2, 0) is 57.8 Å². The van der Waals surface area contributed by atoms with E-state index < -0.39 is 18.2 Å². The molecule has 4 aromatic heterocycles. The molecule has 2 aliphatic heterocycles. The van der Waals surface area contributed by atoms with Crippen LogP contribution in [0, 0.1) is 0 Å². The molecule has 4 atom stereocenters. The molecule has 4 fully saturated rings. The summed E-state index contributed by atoms with van der Waals surface area (Å²) in [6.45, 7) is 6.58. The second kappa shape index (κ2) is 31.2. The van der Waals surface area contributed by atoms with Crippen molar-refractivity contribution in [3.8, 4) is 0 Å². The van der Waals surface area contributed by atoms with Gasteiger partial charge in [0.15, 0.2) is 0 Å². The quantitative estimate of drug-likeness (QED) is 0.103. The van der Waals surface area contributed by atoms with E-state index >= 15 is 4.79 Å². The summed E-state index contributed by atoms with van der Waals surface area (Å²) >= 11 is 13.0. The maximum Gasteiger partial charge on any atom is 0.410 e. The molecule has 6 heterocycles. The van der Waals surface area contributed by atoms with Gasteiger partial charge < -0.3 is 28.8 Å². The Kier molecular flexibility index (Phi) is 21.5. The van der Waals surface area contributed by atoms with Crippen molar-refractivity contribution in [2.45, 2.75) is 159 Å². The van der Waals surface area contributed by atoms with Gasteiger partial charge in [0.1, 0.15) is 24.3 Å². The van der Waals surface area contributed by atoms with Gasteiger partial charge in [-0.05, 0) is 189 Å². The third-order valence-electron chi connectivity index (χ3n) is 20.0. The van der Waals surface area contributed by atoms with Crippen LogP contribution in [0.1, 0.15) is 152 Å². The Morgan fingerprint density at radius 1 is 0.552 bits per heavy atom. The van der Waals surface area contributed by atoms with Crippen LogP contribution >= 0.6 is 23.2 Å². The van der Waals surface area contributed by atoms with Gasteiger partial charge in [-0.3, -0.25) is 39.2 Å². The fourth-order valence-corrected chi connectivity index (χ4v) is 15.5. The van der Waals surface area contributed by atoms with Crippen molar-refractivity contribution in [2.75, 3.05) is 56.0 Å². The Labute approximate surface area is 572 Å². The number of amides is 4. The lowest BCUT2D eigenvalue weighted by Crippen LogP contribution is -2.62. The van der Waals surface area contributed by atoms with Crippen molar-refractivity contribution >= 4 is 58.6 Å². The average molecular weight is 1330 g/mol. The number of anilines is 2. The van der Waals surface area contributed by atoms with E-state index in [0.29, 0.717) is 74.6 Å². The summed E-state index contributed by atoms with van der Waals surface area (Å²) in [7, 11) is 0. The van der Waals surface area contributed by atoms with E-state index in [1.165, 1.54) is 35.1 Å². The highest BCUT2D eigenvalue weighted by Crippen LogP contribution is 2.41. The van der Waals surface area contributed by atoms with Gasteiger partial charge in [0.2, 0.25) is 5.91 Å². The Hall–Kier alpha value is -8.42. The summed E-state index contributed by atoms with van der Waals surface area (Å²) in [6, 6.07) is 34.6. The average Bonchev–Trinajstić information content (AvgIpc) is 1.36. The van der Waals surface area contributed by atoms with E-state index in [1.807, 2.05) is 99.5 Å². The Morgan fingerprint density at radius 3 is 1.59 bits per heavy atom. The highest BCUT2D eigenvalue weighted by Gasteiger charge is 2.45. The number of nitrogens with zero attached hydrogens (tertiary/aromatic N) is 11. The molecule has 0 bridgehead atoms. The van der Waals surface area contributed by atoms with E-state index in [4.69, 9.17) is 42.6 Å². The lowest BCUT2D eigenvalue weighted by Gasteiger charge is -2.45. The number of halogens is 2. The molecule has 2 saturated heterocycles. The number of carbonyl (C=O) groups excluding carboxylic acids is 4. The molecule has 6 aliphatic rings. The molecule has 4 aromatic carbocycles. The summed E-state index contributed by atoms with van der Waals surface area (Å²) in [5, 5.41) is 4.55. The molecule has 500 valence electrons. The van der Waals surface area contributed by atoms with Crippen LogP contribution in [0.5, 0.6) is 0 Å². The van der Waals surface area contributed by atoms with Gasteiger partial charge in [-0.25, -0.2) is 19.6 Å². The van der Waals surface area contributed by atoms with Gasteiger partial charge in [-0.1, -0.05) is 97.9 Å². The second-order valence-corrected chi connectivity index (χ2v) is 27.3. The second-order valence-electron chi connectivity index (χ2n) is 26.5. The van der Waals surface area contributed by atoms with Crippen LogP contribution in [-0.4, -0.2) is 143 Å². The van der Waals surface area contributed by atoms with Crippen LogP contribution in [0.4, 0.5) is 21.0 Å². The molecule has 14 rings (SSSR count). The molecular weight excluding hydrogens is 1250 g/mol. The van der Waals surface area contributed by atoms with Gasteiger partial charge in [0.25, 0.3) is 5.91 Å². The number of benzene rings is 4. The molecule has 0 radical (unpaired) electrons. The van der Waals surface area contributed by atoms with Crippen molar-refractivity contribution in [3.05, 3.63) is 225 Å². The van der Waals surface area contributed by atoms with Gasteiger partial charge in [0, 0.05) is 118 Å². The summed E-state index contributed by atoms with van der Waals surface area (Å²) < 4.78 is 16.2.